The van der Waals surface area contributed by atoms with Crippen molar-refractivity contribution in [2.45, 2.75) is 19.8 Å². The predicted molar refractivity (Wildman–Crippen MR) is 100 cm³/mol. The summed E-state index contributed by atoms with van der Waals surface area (Å²) >= 11 is 5.98. The lowest BCUT2D eigenvalue weighted by Gasteiger charge is -2.19. The lowest BCUT2D eigenvalue weighted by atomic mass is 9.87. The Balaban J connectivity index is 1.84. The van der Waals surface area contributed by atoms with E-state index in [9.17, 15) is 9.18 Å². The quantitative estimate of drug-likeness (QED) is 0.692. The van der Waals surface area contributed by atoms with Crippen LogP contribution in [-0.2, 0) is 6.42 Å². The monoisotopic (exact) mass is 369 g/mol. The molecule has 1 unspecified atom stereocenters. The van der Waals surface area contributed by atoms with Crippen LogP contribution in [0.3, 0.4) is 0 Å². The van der Waals surface area contributed by atoms with Crippen LogP contribution in [0.15, 0.2) is 48.5 Å². The van der Waals surface area contributed by atoms with E-state index in [1.165, 1.54) is 6.07 Å². The molecule has 1 heterocycles. The minimum Gasteiger partial charge on any atom is -0.336 e. The Morgan fingerprint density at radius 2 is 1.88 bits per heavy atom. The lowest BCUT2D eigenvalue weighted by Crippen LogP contribution is -2.19. The topological polar surface area (TPSA) is 46.9 Å². The van der Waals surface area contributed by atoms with Crippen LogP contribution in [-0.4, -0.2) is 15.6 Å². The average Bonchev–Trinajstić information content (AvgIpc) is 2.96. The molecule has 0 saturated carbocycles. The van der Waals surface area contributed by atoms with Crippen molar-refractivity contribution in [2.75, 3.05) is 5.32 Å². The molecular weight excluding hydrogens is 353 g/mol. The third-order valence-electron chi connectivity index (χ3n) is 4.53. The number of benzene rings is 2. The summed E-state index contributed by atoms with van der Waals surface area (Å²) in [6.45, 7) is 2.05. The Morgan fingerprint density at radius 1 is 1.15 bits per heavy atom. The lowest BCUT2D eigenvalue weighted by molar-refractivity contribution is 0.0953. The van der Waals surface area contributed by atoms with Gasteiger partial charge in [-0.3, -0.25) is 4.79 Å². The van der Waals surface area contributed by atoms with Crippen LogP contribution in [0.2, 0.25) is 5.02 Å². The molecule has 3 aromatic rings. The van der Waals surface area contributed by atoms with Crippen LogP contribution in [0.25, 0.3) is 5.69 Å². The molecule has 1 N–H and O–H groups in total. The molecule has 1 aliphatic rings. The standard InChI is InChI=1S/C20H17ClFN3O/c1-12-10-17-19(18(26)11-12)20(23-16-5-3-2-4-15(16)22)24-25(17)14-8-6-13(21)7-9-14/h2-9,12H,10-11H2,1H3,(H,23,24). The van der Waals surface area contributed by atoms with Gasteiger partial charge in [0.15, 0.2) is 11.6 Å². The van der Waals surface area contributed by atoms with Crippen LogP contribution in [0, 0.1) is 11.7 Å². The van der Waals surface area contributed by atoms with Gasteiger partial charge in [-0.1, -0.05) is 30.7 Å². The zero-order valence-corrected chi connectivity index (χ0v) is 14.9. The maximum absolute atomic E-state index is 14.0. The van der Waals surface area contributed by atoms with Gasteiger partial charge in [-0.25, -0.2) is 9.07 Å². The zero-order valence-electron chi connectivity index (χ0n) is 14.2. The maximum atomic E-state index is 14.0. The van der Waals surface area contributed by atoms with Gasteiger partial charge in [0.25, 0.3) is 0 Å². The van der Waals surface area contributed by atoms with Gasteiger partial charge in [0.1, 0.15) is 5.82 Å². The largest absolute Gasteiger partial charge is 0.336 e. The highest BCUT2D eigenvalue weighted by atomic mass is 35.5. The predicted octanol–water partition coefficient (Wildman–Crippen LogP) is 5.17. The summed E-state index contributed by atoms with van der Waals surface area (Å²) in [5.74, 6) is 0.257. The fourth-order valence-corrected chi connectivity index (χ4v) is 3.45. The molecule has 26 heavy (non-hydrogen) atoms. The molecule has 132 valence electrons. The number of rotatable bonds is 3. The number of para-hydroxylation sites is 1. The van der Waals surface area contributed by atoms with Gasteiger partial charge < -0.3 is 5.32 Å². The first-order valence-electron chi connectivity index (χ1n) is 8.45. The van der Waals surface area contributed by atoms with Gasteiger partial charge in [-0.2, -0.15) is 0 Å². The third kappa shape index (κ3) is 2.99. The fraction of sp³-hybridized carbons (Fsp3) is 0.200. The second kappa shape index (κ2) is 6.57. The number of fused-ring (bicyclic) bond motifs is 1. The number of hydrogen-bond donors (Lipinski definition) is 1. The van der Waals surface area contributed by atoms with Gasteiger partial charge in [0.2, 0.25) is 0 Å². The van der Waals surface area contributed by atoms with Crippen LogP contribution >= 0.6 is 11.6 Å². The second-order valence-electron chi connectivity index (χ2n) is 6.60. The second-order valence-corrected chi connectivity index (χ2v) is 7.04. The number of carbonyl (C=O) groups is 1. The van der Waals surface area contributed by atoms with E-state index in [0.29, 0.717) is 28.5 Å². The van der Waals surface area contributed by atoms with Crippen LogP contribution < -0.4 is 5.32 Å². The summed E-state index contributed by atoms with van der Waals surface area (Å²) in [5, 5.41) is 8.21. The van der Waals surface area contributed by atoms with Crippen molar-refractivity contribution in [3.63, 3.8) is 0 Å². The summed E-state index contributed by atoms with van der Waals surface area (Å²) in [5.41, 5.74) is 2.49. The molecule has 0 amide bonds. The van der Waals surface area contributed by atoms with Gasteiger partial charge in [0, 0.05) is 11.4 Å². The molecule has 0 radical (unpaired) electrons. The normalized spacial score (nSPS) is 16.4. The molecule has 1 aromatic heterocycles. The van der Waals surface area contributed by atoms with E-state index in [2.05, 4.69) is 10.4 Å². The van der Waals surface area contributed by atoms with Crippen molar-refractivity contribution in [1.82, 2.24) is 9.78 Å². The number of nitrogens with zero attached hydrogens (tertiary/aromatic N) is 2. The van der Waals surface area contributed by atoms with Gasteiger partial charge in [-0.05, 0) is 48.7 Å². The summed E-state index contributed by atoms with van der Waals surface area (Å²) in [7, 11) is 0. The van der Waals surface area contributed by atoms with E-state index in [-0.39, 0.29) is 17.5 Å². The van der Waals surface area contributed by atoms with Gasteiger partial charge in [0.05, 0.1) is 22.6 Å². The smallest absolute Gasteiger partial charge is 0.168 e. The number of nitrogens with one attached hydrogen (secondary N) is 1. The minimum atomic E-state index is -0.390. The Morgan fingerprint density at radius 3 is 2.62 bits per heavy atom. The first-order chi connectivity index (χ1) is 12.5. The number of hydrogen-bond acceptors (Lipinski definition) is 3. The molecule has 0 aliphatic heterocycles. The van der Waals surface area contributed by atoms with E-state index in [1.807, 2.05) is 19.1 Å². The van der Waals surface area contributed by atoms with Crippen LogP contribution in [0.5, 0.6) is 0 Å². The van der Waals surface area contributed by atoms with E-state index in [0.717, 1.165) is 17.8 Å². The van der Waals surface area contributed by atoms with E-state index in [4.69, 9.17) is 11.6 Å². The van der Waals surface area contributed by atoms with Crippen molar-refractivity contribution in [1.29, 1.82) is 0 Å². The average molecular weight is 370 g/mol. The first kappa shape index (κ1) is 16.8. The molecule has 0 bridgehead atoms. The van der Waals surface area contributed by atoms with Crippen molar-refractivity contribution in [3.8, 4) is 5.69 Å². The van der Waals surface area contributed by atoms with E-state index in [1.54, 1.807) is 35.0 Å². The van der Waals surface area contributed by atoms with Crippen molar-refractivity contribution in [2.24, 2.45) is 5.92 Å². The highest BCUT2D eigenvalue weighted by molar-refractivity contribution is 6.30. The molecular formula is C20H17ClFN3O. The number of Topliss-reactive ketones (excluding diaryl/α,β-unsaturated/α-hetero) is 1. The Labute approximate surface area is 155 Å². The summed E-state index contributed by atoms with van der Waals surface area (Å²) in [4.78, 5) is 12.7. The number of aromatic nitrogens is 2. The molecule has 1 atom stereocenters. The van der Waals surface area contributed by atoms with Crippen molar-refractivity contribution < 1.29 is 9.18 Å². The third-order valence-corrected chi connectivity index (χ3v) is 4.79. The number of anilines is 2. The molecule has 0 saturated heterocycles. The van der Waals surface area contributed by atoms with Gasteiger partial charge >= 0.3 is 0 Å². The molecule has 4 nitrogen and oxygen atoms in total. The Bertz CT molecular complexity index is 981. The number of ketones is 1. The zero-order chi connectivity index (χ0) is 18.3. The van der Waals surface area contributed by atoms with Crippen molar-refractivity contribution in [3.05, 3.63) is 70.6 Å². The highest BCUT2D eigenvalue weighted by Gasteiger charge is 2.31. The molecule has 0 fully saturated rings. The summed E-state index contributed by atoms with van der Waals surface area (Å²) < 4.78 is 15.8. The molecule has 6 heteroatoms. The molecule has 2 aromatic carbocycles. The molecule has 4 rings (SSSR count). The number of carbonyl (C=O) groups excluding carboxylic acids is 1. The fourth-order valence-electron chi connectivity index (χ4n) is 3.33. The molecule has 0 spiro atoms. The molecule has 1 aliphatic carbocycles. The van der Waals surface area contributed by atoms with E-state index < -0.39 is 0 Å². The maximum Gasteiger partial charge on any atom is 0.168 e. The first-order valence-corrected chi connectivity index (χ1v) is 8.83. The van der Waals surface area contributed by atoms with Crippen LogP contribution in [0.1, 0.15) is 29.4 Å². The summed E-state index contributed by atoms with van der Waals surface area (Å²) in [6.07, 6.45) is 1.20. The van der Waals surface area contributed by atoms with Crippen molar-refractivity contribution >= 4 is 28.9 Å². The van der Waals surface area contributed by atoms with Crippen LogP contribution in [0.4, 0.5) is 15.9 Å². The SMILES string of the molecule is CC1CC(=O)c2c(Nc3ccccc3F)nn(-c3ccc(Cl)cc3)c2C1. The Hall–Kier alpha value is -2.66. The minimum absolute atomic E-state index is 0.0257. The summed E-state index contributed by atoms with van der Waals surface area (Å²) in [6, 6.07) is 13.6. The van der Waals surface area contributed by atoms with Gasteiger partial charge in [-0.15, -0.1) is 5.10 Å². The van der Waals surface area contributed by atoms with E-state index >= 15 is 0 Å². The Kier molecular flexibility index (Phi) is 4.24. The highest BCUT2D eigenvalue weighted by Crippen LogP contribution is 2.34. The number of halogens is 2.